The average Bonchev–Trinajstić information content (AvgIpc) is 2.26. The van der Waals surface area contributed by atoms with Crippen molar-refractivity contribution in [3.8, 4) is 0 Å². The summed E-state index contributed by atoms with van der Waals surface area (Å²) in [5, 5.41) is 0. The zero-order chi connectivity index (χ0) is 12.4. The van der Waals surface area contributed by atoms with Crippen LogP contribution in [0.1, 0.15) is 41.6 Å². The second-order valence-corrected chi connectivity index (χ2v) is 5.01. The van der Waals surface area contributed by atoms with Crippen molar-refractivity contribution in [1.29, 1.82) is 0 Å². The highest BCUT2D eigenvalue weighted by atomic mass is 19.1. The molecule has 0 radical (unpaired) electrons. The topological polar surface area (TPSA) is 43.1 Å². The predicted octanol–water partition coefficient (Wildman–Crippen LogP) is 2.83. The monoisotopic (exact) mass is 235 g/mol. The Balaban J connectivity index is 2.18. The molecule has 0 bridgehead atoms. The summed E-state index contributed by atoms with van der Waals surface area (Å²) in [5.41, 5.74) is 7.15. The maximum atomic E-state index is 13.3. The van der Waals surface area contributed by atoms with E-state index in [1.807, 2.05) is 0 Å². The van der Waals surface area contributed by atoms with E-state index in [1.165, 1.54) is 12.1 Å². The molecule has 1 aliphatic carbocycles. The van der Waals surface area contributed by atoms with Gasteiger partial charge in [0.15, 0.2) is 5.78 Å². The van der Waals surface area contributed by atoms with Crippen molar-refractivity contribution >= 4 is 5.78 Å². The third-order valence-electron chi connectivity index (χ3n) is 3.41. The summed E-state index contributed by atoms with van der Waals surface area (Å²) in [6.45, 7) is 1.80. The van der Waals surface area contributed by atoms with Crippen LogP contribution in [-0.4, -0.2) is 11.8 Å². The molecule has 1 aromatic carbocycles. The number of carbonyl (C=O) groups is 1. The van der Waals surface area contributed by atoms with Crippen LogP contribution in [0.5, 0.6) is 0 Å². The summed E-state index contributed by atoms with van der Waals surface area (Å²) in [4.78, 5) is 12.2. The van der Waals surface area contributed by atoms with E-state index < -0.39 is 0 Å². The summed E-state index contributed by atoms with van der Waals surface area (Å²) in [6.07, 6.45) is 3.59. The number of Topliss-reactive ketones (excluding diaryl/α,β-unsaturated/α-hetero) is 1. The van der Waals surface area contributed by atoms with Crippen LogP contribution < -0.4 is 5.73 Å². The summed E-state index contributed by atoms with van der Waals surface area (Å²) < 4.78 is 13.3. The van der Waals surface area contributed by atoms with Crippen molar-refractivity contribution in [3.63, 3.8) is 0 Å². The molecule has 1 aliphatic rings. The molecule has 0 heterocycles. The Kier molecular flexibility index (Phi) is 3.57. The first-order chi connectivity index (χ1) is 8.06. The molecule has 2 rings (SSSR count). The van der Waals surface area contributed by atoms with E-state index >= 15 is 0 Å². The Hall–Kier alpha value is -1.22. The number of nitrogens with two attached hydrogens (primary N) is 1. The number of aryl methyl sites for hydroxylation is 1. The number of ketones is 1. The van der Waals surface area contributed by atoms with Crippen molar-refractivity contribution in [3.05, 3.63) is 35.1 Å². The fourth-order valence-electron chi connectivity index (χ4n) is 2.58. The lowest BCUT2D eigenvalue weighted by Gasteiger charge is -2.25. The van der Waals surface area contributed by atoms with Gasteiger partial charge in [-0.05, 0) is 49.9 Å². The number of benzene rings is 1. The minimum Gasteiger partial charge on any atom is -0.328 e. The van der Waals surface area contributed by atoms with Gasteiger partial charge in [0, 0.05) is 17.5 Å². The predicted molar refractivity (Wildman–Crippen MR) is 65.4 cm³/mol. The van der Waals surface area contributed by atoms with Crippen LogP contribution in [0.15, 0.2) is 18.2 Å². The Morgan fingerprint density at radius 2 is 2.12 bits per heavy atom. The molecular formula is C14H18FNO. The van der Waals surface area contributed by atoms with E-state index in [2.05, 4.69) is 0 Å². The smallest absolute Gasteiger partial charge is 0.166 e. The van der Waals surface area contributed by atoms with Crippen molar-refractivity contribution < 1.29 is 9.18 Å². The highest BCUT2D eigenvalue weighted by molar-refractivity contribution is 5.98. The molecular weight excluding hydrogens is 217 g/mol. The van der Waals surface area contributed by atoms with E-state index in [0.717, 1.165) is 31.2 Å². The van der Waals surface area contributed by atoms with Gasteiger partial charge in [-0.15, -0.1) is 0 Å². The molecule has 2 unspecified atom stereocenters. The number of hydrogen-bond donors (Lipinski definition) is 1. The van der Waals surface area contributed by atoms with Crippen LogP contribution in [-0.2, 0) is 0 Å². The first-order valence-corrected chi connectivity index (χ1v) is 6.13. The summed E-state index contributed by atoms with van der Waals surface area (Å²) in [6, 6.07) is 4.64. The molecule has 0 saturated heterocycles. The number of hydrogen-bond acceptors (Lipinski definition) is 2. The van der Waals surface area contributed by atoms with Crippen molar-refractivity contribution in [2.75, 3.05) is 0 Å². The van der Waals surface area contributed by atoms with Gasteiger partial charge in [0.25, 0.3) is 0 Å². The third-order valence-corrected chi connectivity index (χ3v) is 3.41. The number of rotatable bonds is 2. The van der Waals surface area contributed by atoms with E-state index in [1.54, 1.807) is 13.0 Å². The minimum absolute atomic E-state index is 0.0278. The van der Waals surface area contributed by atoms with E-state index in [-0.39, 0.29) is 23.6 Å². The van der Waals surface area contributed by atoms with Crippen molar-refractivity contribution in [2.45, 2.75) is 38.6 Å². The molecule has 1 fully saturated rings. The molecule has 3 heteroatoms. The molecule has 0 aromatic heterocycles. The Morgan fingerprint density at radius 3 is 2.76 bits per heavy atom. The second-order valence-electron chi connectivity index (χ2n) is 5.01. The van der Waals surface area contributed by atoms with Crippen molar-refractivity contribution in [1.82, 2.24) is 0 Å². The summed E-state index contributed by atoms with van der Waals surface area (Å²) in [7, 11) is 0. The van der Waals surface area contributed by atoms with Gasteiger partial charge in [0.2, 0.25) is 0 Å². The van der Waals surface area contributed by atoms with Crippen LogP contribution in [0.25, 0.3) is 0 Å². The zero-order valence-electron chi connectivity index (χ0n) is 10.1. The standard InChI is InChI=1S/C14H18FNO/c1-9-5-11(7-12(15)6-9)14(17)10-3-2-4-13(16)8-10/h5-7,10,13H,2-4,8,16H2,1H3. The average molecular weight is 235 g/mol. The van der Waals surface area contributed by atoms with Gasteiger partial charge in [-0.2, -0.15) is 0 Å². The zero-order valence-corrected chi connectivity index (χ0v) is 10.1. The van der Waals surface area contributed by atoms with Gasteiger partial charge >= 0.3 is 0 Å². The lowest BCUT2D eigenvalue weighted by Crippen LogP contribution is -2.31. The molecule has 2 atom stereocenters. The van der Waals surface area contributed by atoms with E-state index in [9.17, 15) is 9.18 Å². The van der Waals surface area contributed by atoms with Crippen molar-refractivity contribution in [2.24, 2.45) is 11.7 Å². The molecule has 0 aliphatic heterocycles. The summed E-state index contributed by atoms with van der Waals surface area (Å²) in [5.74, 6) is -0.323. The fourth-order valence-corrected chi connectivity index (χ4v) is 2.58. The maximum absolute atomic E-state index is 13.3. The fraction of sp³-hybridized carbons (Fsp3) is 0.500. The molecule has 2 N–H and O–H groups in total. The van der Waals surface area contributed by atoms with E-state index in [0.29, 0.717) is 5.56 Å². The molecule has 0 spiro atoms. The lowest BCUT2D eigenvalue weighted by molar-refractivity contribution is 0.0881. The minimum atomic E-state index is -0.339. The Labute approximate surface area is 101 Å². The maximum Gasteiger partial charge on any atom is 0.166 e. The normalized spacial score (nSPS) is 24.6. The van der Waals surface area contributed by atoms with Gasteiger partial charge in [-0.3, -0.25) is 4.79 Å². The number of carbonyl (C=O) groups excluding carboxylic acids is 1. The second kappa shape index (κ2) is 4.96. The molecule has 0 amide bonds. The highest BCUT2D eigenvalue weighted by Crippen LogP contribution is 2.27. The van der Waals surface area contributed by atoms with Crippen LogP contribution in [0.2, 0.25) is 0 Å². The molecule has 2 nitrogen and oxygen atoms in total. The Bertz CT molecular complexity index is 410. The lowest BCUT2D eigenvalue weighted by atomic mass is 9.81. The van der Waals surface area contributed by atoms with Gasteiger partial charge in [0.05, 0.1) is 0 Å². The molecule has 17 heavy (non-hydrogen) atoms. The van der Waals surface area contributed by atoms with E-state index in [4.69, 9.17) is 5.73 Å². The Morgan fingerprint density at radius 1 is 1.35 bits per heavy atom. The molecule has 92 valence electrons. The largest absolute Gasteiger partial charge is 0.328 e. The van der Waals surface area contributed by atoms with Gasteiger partial charge < -0.3 is 5.73 Å². The molecule has 1 saturated carbocycles. The quantitative estimate of drug-likeness (QED) is 0.801. The van der Waals surface area contributed by atoms with Gasteiger partial charge in [-0.25, -0.2) is 4.39 Å². The summed E-state index contributed by atoms with van der Waals surface area (Å²) >= 11 is 0. The van der Waals surface area contributed by atoms with Crippen LogP contribution >= 0.6 is 0 Å². The number of halogens is 1. The van der Waals surface area contributed by atoms with Crippen LogP contribution in [0, 0.1) is 18.7 Å². The van der Waals surface area contributed by atoms with Crippen LogP contribution in [0.3, 0.4) is 0 Å². The highest BCUT2D eigenvalue weighted by Gasteiger charge is 2.26. The SMILES string of the molecule is Cc1cc(F)cc(C(=O)C2CCCC(N)C2)c1. The van der Waals surface area contributed by atoms with Gasteiger partial charge in [-0.1, -0.05) is 6.42 Å². The van der Waals surface area contributed by atoms with Crippen LogP contribution in [0.4, 0.5) is 4.39 Å². The third kappa shape index (κ3) is 2.91. The first-order valence-electron chi connectivity index (χ1n) is 6.13. The molecule has 1 aromatic rings. The van der Waals surface area contributed by atoms with Gasteiger partial charge in [0.1, 0.15) is 5.82 Å². The first kappa shape index (κ1) is 12.2.